The Labute approximate surface area is 307 Å². The van der Waals surface area contributed by atoms with E-state index in [4.69, 9.17) is 29.4 Å². The molecule has 2 fully saturated rings. The number of aliphatic hydroxyl groups excluding tert-OH is 3. The fourth-order valence-corrected chi connectivity index (χ4v) is 6.77. The first kappa shape index (κ1) is 44.3. The van der Waals surface area contributed by atoms with Gasteiger partial charge >= 0.3 is 18.1 Å². The molecule has 0 radical (unpaired) electrons. The molecule has 300 valence electrons. The molecule has 0 spiro atoms. The first-order chi connectivity index (χ1) is 25.3. The molecular weight excluding hydrogens is 707 g/mol. The summed E-state index contributed by atoms with van der Waals surface area (Å²) in [5.74, 6) is -1.27. The van der Waals surface area contributed by atoms with Crippen molar-refractivity contribution in [2.75, 3.05) is 26.9 Å². The average molecular weight is 762 g/mol. The molecule has 53 heavy (non-hydrogen) atoms. The van der Waals surface area contributed by atoms with Crippen LogP contribution in [-0.4, -0.2) is 101 Å². The van der Waals surface area contributed by atoms with Crippen LogP contribution in [0.1, 0.15) is 82.6 Å². The molecule has 2 saturated carbocycles. The van der Waals surface area contributed by atoms with Crippen LogP contribution in [0.15, 0.2) is 48.6 Å². The third kappa shape index (κ3) is 16.4. The number of allylic oxidation sites excluding steroid dienone is 3. The van der Waals surface area contributed by atoms with Gasteiger partial charge in [-0.2, -0.15) is 13.2 Å². The minimum Gasteiger partial charge on any atom is -0.491 e. The van der Waals surface area contributed by atoms with Crippen LogP contribution in [0, 0.1) is 17.8 Å². The van der Waals surface area contributed by atoms with Crippen LogP contribution in [0.2, 0.25) is 0 Å². The summed E-state index contributed by atoms with van der Waals surface area (Å²) in [4.78, 5) is 29.0. The molecule has 3 rings (SSSR count). The van der Waals surface area contributed by atoms with Crippen molar-refractivity contribution in [1.29, 1.82) is 0 Å². The number of benzene rings is 1. The first-order valence-electron chi connectivity index (χ1n) is 18.1. The summed E-state index contributed by atoms with van der Waals surface area (Å²) in [6, 6.07) is 4.43. The predicted molar refractivity (Wildman–Crippen MR) is 182 cm³/mol. The third-order valence-corrected chi connectivity index (χ3v) is 9.64. The van der Waals surface area contributed by atoms with Crippen LogP contribution < -0.4 is 4.74 Å². The molecule has 5 N–H and O–H groups in total. The van der Waals surface area contributed by atoms with Crippen molar-refractivity contribution in [2.24, 2.45) is 17.8 Å². The third-order valence-electron chi connectivity index (χ3n) is 9.64. The normalized spacial score (nSPS) is 25.7. The number of esters is 2. The predicted octanol–water partition coefficient (Wildman–Crippen LogP) is 5.32. The summed E-state index contributed by atoms with van der Waals surface area (Å²) < 4.78 is 60.6. The van der Waals surface area contributed by atoms with Crippen LogP contribution in [0.4, 0.5) is 13.2 Å². The quantitative estimate of drug-likeness (QED) is 0.0337. The van der Waals surface area contributed by atoms with Crippen molar-refractivity contribution >= 4 is 11.9 Å². The summed E-state index contributed by atoms with van der Waals surface area (Å²) in [6.45, 7) is 0.0305. The van der Waals surface area contributed by atoms with Crippen molar-refractivity contribution < 1.29 is 72.3 Å². The number of halogens is 3. The second-order valence-electron chi connectivity index (χ2n) is 13.6. The molecule has 0 bridgehead atoms. The van der Waals surface area contributed by atoms with Crippen LogP contribution in [0.3, 0.4) is 0 Å². The number of nitrogens with zero attached hydrogens (tertiary/aromatic N) is 1. The van der Waals surface area contributed by atoms with Gasteiger partial charge in [-0.1, -0.05) is 24.3 Å². The molecule has 3 unspecified atom stereocenters. The molecule has 2 aliphatic rings. The molecule has 16 heteroatoms. The number of alkyl halides is 3. The highest BCUT2D eigenvalue weighted by Crippen LogP contribution is 2.38. The van der Waals surface area contributed by atoms with Gasteiger partial charge in [0.15, 0.2) is 0 Å². The number of hydrogen-bond acceptors (Lipinski definition) is 13. The average Bonchev–Trinajstić information content (AvgIpc) is 3.39. The highest BCUT2D eigenvalue weighted by molar-refractivity contribution is 5.81. The Bertz CT molecular complexity index is 1300. The second kappa shape index (κ2) is 23.0. The van der Waals surface area contributed by atoms with E-state index >= 15 is 0 Å². The molecule has 0 heterocycles. The smallest absolute Gasteiger partial charge is 0.416 e. The van der Waals surface area contributed by atoms with E-state index < -0.39 is 42.1 Å². The topological polar surface area (TPSA) is 185 Å². The number of aliphatic hydroxyl groups is 3. The molecule has 0 amide bonds. The number of carbonyl (C=O) groups is 2. The molecule has 0 aromatic heterocycles. The van der Waals surface area contributed by atoms with Gasteiger partial charge in [-0.3, -0.25) is 20.0 Å². The molecule has 13 nitrogen and oxygen atoms in total. The van der Waals surface area contributed by atoms with Gasteiger partial charge in [-0.15, -0.1) is 0 Å². The van der Waals surface area contributed by atoms with Crippen molar-refractivity contribution in [3.63, 3.8) is 0 Å². The molecule has 0 aliphatic heterocycles. The molecule has 1 aromatic carbocycles. The van der Waals surface area contributed by atoms with Gasteiger partial charge in [0, 0.05) is 19.6 Å². The zero-order valence-corrected chi connectivity index (χ0v) is 30.0. The van der Waals surface area contributed by atoms with Gasteiger partial charge in [0.25, 0.3) is 0 Å². The number of ether oxygens (including phenoxy) is 4. The second-order valence-corrected chi connectivity index (χ2v) is 13.6. The molecule has 2 aliphatic carbocycles. The van der Waals surface area contributed by atoms with Crippen molar-refractivity contribution in [1.82, 2.24) is 5.39 Å². The van der Waals surface area contributed by atoms with Gasteiger partial charge < -0.3 is 34.3 Å². The Balaban J connectivity index is 1.31. The van der Waals surface area contributed by atoms with E-state index in [2.05, 4.69) is 4.84 Å². The Hall–Kier alpha value is -3.09. The van der Waals surface area contributed by atoms with Crippen molar-refractivity contribution in [3.05, 3.63) is 54.1 Å². The summed E-state index contributed by atoms with van der Waals surface area (Å²) in [6.07, 6.45) is 4.91. The minimum atomic E-state index is -4.50. The Morgan fingerprint density at radius 2 is 1.75 bits per heavy atom. The summed E-state index contributed by atoms with van der Waals surface area (Å²) in [5.41, 5.74) is -0.842. The van der Waals surface area contributed by atoms with Crippen LogP contribution >= 0.6 is 0 Å². The lowest BCUT2D eigenvalue weighted by Crippen LogP contribution is -2.38. The van der Waals surface area contributed by atoms with Crippen LogP contribution in [-0.2, 0) is 34.8 Å². The van der Waals surface area contributed by atoms with Gasteiger partial charge in [0.1, 0.15) is 18.5 Å². The molecule has 1 aromatic rings. The number of rotatable bonds is 22. The molecule has 0 saturated heterocycles. The zero-order chi connectivity index (χ0) is 38.8. The van der Waals surface area contributed by atoms with E-state index in [1.807, 2.05) is 12.2 Å². The van der Waals surface area contributed by atoms with Gasteiger partial charge in [0.2, 0.25) is 0 Å². The van der Waals surface area contributed by atoms with Crippen LogP contribution in [0.25, 0.3) is 0 Å². The lowest BCUT2D eigenvalue weighted by Gasteiger charge is -2.33. The lowest BCUT2D eigenvalue weighted by molar-refractivity contribution is -0.492. The summed E-state index contributed by atoms with van der Waals surface area (Å²) in [7, 11) is 1.55. The van der Waals surface area contributed by atoms with E-state index in [1.165, 1.54) is 18.2 Å². The van der Waals surface area contributed by atoms with E-state index in [1.54, 1.807) is 13.2 Å². The number of hydrogen-bond donors (Lipinski definition) is 5. The lowest BCUT2D eigenvalue weighted by atomic mass is 9.85. The number of unbranched alkanes of at least 4 members (excludes halogenated alkanes) is 2. The number of carbonyl (C=O) groups excluding carboxylic acids is 2. The highest BCUT2D eigenvalue weighted by atomic mass is 19.4. The Morgan fingerprint density at radius 1 is 1.00 bits per heavy atom. The maximum Gasteiger partial charge on any atom is 0.416 e. The van der Waals surface area contributed by atoms with E-state index in [-0.39, 0.29) is 80.0 Å². The molecule has 8 atom stereocenters. The largest absolute Gasteiger partial charge is 0.491 e. The van der Waals surface area contributed by atoms with Crippen molar-refractivity contribution in [3.8, 4) is 5.75 Å². The van der Waals surface area contributed by atoms with E-state index in [9.17, 15) is 38.1 Å². The first-order valence-corrected chi connectivity index (χ1v) is 18.1. The summed E-state index contributed by atoms with van der Waals surface area (Å²) in [5, 5.41) is 48.1. The van der Waals surface area contributed by atoms with E-state index in [0.717, 1.165) is 12.1 Å². The zero-order valence-electron chi connectivity index (χ0n) is 30.0. The Morgan fingerprint density at radius 3 is 2.49 bits per heavy atom. The van der Waals surface area contributed by atoms with Gasteiger partial charge in [0.05, 0.1) is 48.6 Å². The maximum absolute atomic E-state index is 12.9. The fourth-order valence-electron chi connectivity index (χ4n) is 6.77. The fraction of sp³-hybridized carbons (Fsp3) is 0.676. The number of methoxy groups -OCH3 is 1. The standard InChI is InChI=1S/C37H54F3NO12/c1-49-34-21-25(14-18-35(45)50-19-6-7-20-52-41(47)48)13-17-33(34)53-36(46)12-5-3-2-4-11-29-30(32(44)23-31(29)43)16-15-27(42)24-51-28-10-8-9-26(22-28)37(38,39)40/h2,4,8-10,14,18,22,25,27,29-34,42-44,47-48H,3,5-7,11-13,15-17,19-21,23-24H2,1H3/b4-2-,18-14+/t25?,27-,29-,30-,31+,32-,33?,34?/m1/s1. The SMILES string of the molecule is COC1CC(/C=C/C(=O)OCCCCON(O)O)CCC1OC(=O)CCC/C=C\C[C@@H]1[C@@H](CC[C@@H](O)COc2cccc(C(F)(F)F)c2)[C@H](O)C[C@@H]1O. The van der Waals surface area contributed by atoms with Crippen molar-refractivity contribution in [2.45, 2.75) is 114 Å². The van der Waals surface area contributed by atoms with Crippen LogP contribution in [0.5, 0.6) is 5.75 Å². The van der Waals surface area contributed by atoms with Gasteiger partial charge in [-0.05, 0) is 107 Å². The maximum atomic E-state index is 12.9. The highest BCUT2D eigenvalue weighted by Gasteiger charge is 2.40. The molecular formula is C37H54F3NO12. The minimum absolute atomic E-state index is 0.00128. The van der Waals surface area contributed by atoms with Gasteiger partial charge in [-0.25, -0.2) is 4.79 Å². The monoisotopic (exact) mass is 761 g/mol. The van der Waals surface area contributed by atoms with E-state index in [0.29, 0.717) is 57.8 Å². The Kier molecular flexibility index (Phi) is 19.2. The summed E-state index contributed by atoms with van der Waals surface area (Å²) >= 11 is 0.